The number of methoxy groups -OCH3 is 1. The molecule has 0 fully saturated rings. The van der Waals surface area contributed by atoms with Gasteiger partial charge < -0.3 is 9.84 Å². The molecule has 1 unspecified atom stereocenters. The third-order valence-corrected chi connectivity index (χ3v) is 3.20. The van der Waals surface area contributed by atoms with E-state index < -0.39 is 6.10 Å². The first kappa shape index (κ1) is 14.0. The number of aromatic nitrogens is 3. The van der Waals surface area contributed by atoms with Gasteiger partial charge in [-0.2, -0.15) is 5.10 Å². The zero-order valence-corrected chi connectivity index (χ0v) is 11.6. The van der Waals surface area contributed by atoms with Crippen molar-refractivity contribution >= 4 is 11.6 Å². The highest BCUT2D eigenvalue weighted by molar-refractivity contribution is 6.31. The molecular formula is C13H16ClN3O2. The number of nitrogens with zero attached hydrogens (tertiary/aromatic N) is 3. The third kappa shape index (κ3) is 2.94. The topological polar surface area (TPSA) is 60.2 Å². The lowest BCUT2D eigenvalue weighted by molar-refractivity contribution is 0.170. The smallest absolute Gasteiger partial charge is 0.139 e. The maximum Gasteiger partial charge on any atom is 0.139 e. The third-order valence-electron chi connectivity index (χ3n) is 2.91. The average Bonchev–Trinajstić information content (AvgIpc) is 2.77. The number of halogens is 1. The molecule has 0 aliphatic carbocycles. The first-order valence-electron chi connectivity index (χ1n) is 5.95. The number of pyridine rings is 1. The summed E-state index contributed by atoms with van der Waals surface area (Å²) < 4.78 is 6.66. The van der Waals surface area contributed by atoms with E-state index in [1.54, 1.807) is 18.0 Å². The molecule has 102 valence electrons. The monoisotopic (exact) mass is 281 g/mol. The van der Waals surface area contributed by atoms with Crippen molar-refractivity contribution in [2.24, 2.45) is 0 Å². The molecule has 0 bridgehead atoms. The number of ether oxygens (including phenoxy) is 1. The summed E-state index contributed by atoms with van der Waals surface area (Å²) in [6.07, 6.45) is 2.27. The van der Waals surface area contributed by atoms with Gasteiger partial charge in [0.1, 0.15) is 6.10 Å². The van der Waals surface area contributed by atoms with Crippen molar-refractivity contribution in [1.29, 1.82) is 0 Å². The molecule has 0 saturated carbocycles. The Labute approximate surface area is 116 Å². The molecule has 0 spiro atoms. The van der Waals surface area contributed by atoms with Crippen LogP contribution in [0.5, 0.6) is 0 Å². The Bertz CT molecular complexity index is 557. The van der Waals surface area contributed by atoms with Gasteiger partial charge in [-0.15, -0.1) is 0 Å². The molecule has 0 radical (unpaired) electrons. The molecule has 19 heavy (non-hydrogen) atoms. The summed E-state index contributed by atoms with van der Waals surface area (Å²) in [6, 6.07) is 3.73. The Morgan fingerprint density at radius 3 is 3.00 bits per heavy atom. The van der Waals surface area contributed by atoms with Crippen LogP contribution in [0.15, 0.2) is 24.5 Å². The zero-order valence-electron chi connectivity index (χ0n) is 10.9. The summed E-state index contributed by atoms with van der Waals surface area (Å²) in [6.45, 7) is 2.93. The summed E-state index contributed by atoms with van der Waals surface area (Å²) in [4.78, 5) is 4.22. The number of hydrogen-bond donors (Lipinski definition) is 1. The number of aliphatic hydroxyl groups is 1. The van der Waals surface area contributed by atoms with Crippen LogP contribution in [0, 0.1) is 6.92 Å². The lowest BCUT2D eigenvalue weighted by atomic mass is 10.1. The highest BCUT2D eigenvalue weighted by atomic mass is 35.5. The number of hydrogen-bond acceptors (Lipinski definition) is 4. The van der Waals surface area contributed by atoms with E-state index in [1.165, 1.54) is 6.20 Å². The molecule has 0 aliphatic heterocycles. The normalized spacial score (nSPS) is 12.6. The Hall–Kier alpha value is -1.43. The zero-order chi connectivity index (χ0) is 13.8. The summed E-state index contributed by atoms with van der Waals surface area (Å²) in [5.41, 5.74) is 2.04. The summed E-state index contributed by atoms with van der Waals surface area (Å²) >= 11 is 6.11. The van der Waals surface area contributed by atoms with Crippen LogP contribution in [0.1, 0.15) is 23.1 Å². The molecule has 6 heteroatoms. The fourth-order valence-electron chi connectivity index (χ4n) is 1.91. The minimum absolute atomic E-state index is 0.425. The van der Waals surface area contributed by atoms with Crippen molar-refractivity contribution in [3.05, 3.63) is 46.5 Å². The maximum absolute atomic E-state index is 10.5. The second-order valence-electron chi connectivity index (χ2n) is 4.20. The van der Waals surface area contributed by atoms with E-state index in [4.69, 9.17) is 16.3 Å². The minimum atomic E-state index is -0.895. The second-order valence-corrected chi connectivity index (χ2v) is 4.61. The van der Waals surface area contributed by atoms with Crippen LogP contribution < -0.4 is 0 Å². The molecule has 2 rings (SSSR count). The van der Waals surface area contributed by atoms with Gasteiger partial charge in [-0.1, -0.05) is 17.7 Å². The molecule has 2 aromatic rings. The Morgan fingerprint density at radius 1 is 1.53 bits per heavy atom. The molecule has 0 aliphatic rings. The Kier molecular flexibility index (Phi) is 4.52. The largest absolute Gasteiger partial charge is 0.383 e. The molecule has 2 heterocycles. The van der Waals surface area contributed by atoms with Crippen LogP contribution in [-0.4, -0.2) is 33.6 Å². The van der Waals surface area contributed by atoms with E-state index in [1.807, 2.05) is 19.1 Å². The quantitative estimate of drug-likeness (QED) is 0.910. The van der Waals surface area contributed by atoms with Gasteiger partial charge in [-0.05, 0) is 18.6 Å². The summed E-state index contributed by atoms with van der Waals surface area (Å²) in [5.74, 6) is 0. The van der Waals surface area contributed by atoms with Gasteiger partial charge in [0, 0.05) is 13.3 Å². The van der Waals surface area contributed by atoms with E-state index in [0.717, 1.165) is 5.56 Å². The Balaban J connectivity index is 2.35. The van der Waals surface area contributed by atoms with Crippen LogP contribution in [0.3, 0.4) is 0 Å². The average molecular weight is 282 g/mol. The van der Waals surface area contributed by atoms with E-state index in [2.05, 4.69) is 10.1 Å². The standard InChI is InChI=1S/C13H16ClN3O2/c1-9-4-3-5-15-11(9)13(18)12-10(14)8-16-17(12)6-7-19-2/h3-5,8,13,18H,6-7H2,1-2H3. The molecule has 1 N–H and O–H groups in total. The number of rotatable bonds is 5. The molecule has 5 nitrogen and oxygen atoms in total. The van der Waals surface area contributed by atoms with Gasteiger partial charge in [0.15, 0.2) is 0 Å². The molecule has 2 aromatic heterocycles. The SMILES string of the molecule is COCCn1ncc(Cl)c1C(O)c1ncccc1C. The van der Waals surface area contributed by atoms with Crippen molar-refractivity contribution < 1.29 is 9.84 Å². The van der Waals surface area contributed by atoms with Crippen molar-refractivity contribution in [3.63, 3.8) is 0 Å². The summed E-state index contributed by atoms with van der Waals surface area (Å²) in [7, 11) is 1.62. The maximum atomic E-state index is 10.5. The molecule has 0 saturated heterocycles. The Morgan fingerprint density at radius 2 is 2.32 bits per heavy atom. The van der Waals surface area contributed by atoms with Crippen LogP contribution in [0.25, 0.3) is 0 Å². The van der Waals surface area contributed by atoms with Gasteiger partial charge >= 0.3 is 0 Å². The first-order chi connectivity index (χ1) is 9.15. The van der Waals surface area contributed by atoms with E-state index >= 15 is 0 Å². The van der Waals surface area contributed by atoms with Gasteiger partial charge in [0.05, 0.1) is 35.8 Å². The number of aliphatic hydroxyl groups excluding tert-OH is 1. The minimum Gasteiger partial charge on any atom is -0.383 e. The fraction of sp³-hybridized carbons (Fsp3) is 0.385. The van der Waals surface area contributed by atoms with Crippen molar-refractivity contribution in [3.8, 4) is 0 Å². The van der Waals surface area contributed by atoms with Crippen molar-refractivity contribution in [2.75, 3.05) is 13.7 Å². The van der Waals surface area contributed by atoms with Crippen LogP contribution >= 0.6 is 11.6 Å². The van der Waals surface area contributed by atoms with Crippen molar-refractivity contribution in [2.45, 2.75) is 19.6 Å². The predicted molar refractivity (Wildman–Crippen MR) is 72.1 cm³/mol. The summed E-state index contributed by atoms with van der Waals surface area (Å²) in [5, 5.41) is 15.0. The molecule has 0 aromatic carbocycles. The van der Waals surface area contributed by atoms with E-state index in [0.29, 0.717) is 29.6 Å². The number of aryl methyl sites for hydroxylation is 1. The fourth-order valence-corrected chi connectivity index (χ4v) is 2.16. The van der Waals surface area contributed by atoms with Gasteiger partial charge in [0.25, 0.3) is 0 Å². The van der Waals surface area contributed by atoms with Crippen LogP contribution in [-0.2, 0) is 11.3 Å². The lowest BCUT2D eigenvalue weighted by Gasteiger charge is -2.15. The predicted octanol–water partition coefficient (Wildman–Crippen LogP) is 1.97. The van der Waals surface area contributed by atoms with Crippen LogP contribution in [0.2, 0.25) is 5.02 Å². The first-order valence-corrected chi connectivity index (χ1v) is 6.32. The van der Waals surface area contributed by atoms with Crippen molar-refractivity contribution in [1.82, 2.24) is 14.8 Å². The molecular weight excluding hydrogens is 266 g/mol. The van der Waals surface area contributed by atoms with Gasteiger partial charge in [0.2, 0.25) is 0 Å². The highest BCUT2D eigenvalue weighted by Crippen LogP contribution is 2.28. The van der Waals surface area contributed by atoms with Crippen LogP contribution in [0.4, 0.5) is 0 Å². The van der Waals surface area contributed by atoms with E-state index in [9.17, 15) is 5.11 Å². The van der Waals surface area contributed by atoms with E-state index in [-0.39, 0.29) is 0 Å². The lowest BCUT2D eigenvalue weighted by Crippen LogP contribution is -2.15. The second kappa shape index (κ2) is 6.14. The highest BCUT2D eigenvalue weighted by Gasteiger charge is 2.22. The molecule has 0 amide bonds. The molecule has 1 atom stereocenters. The van der Waals surface area contributed by atoms with Gasteiger partial charge in [-0.25, -0.2) is 0 Å². The van der Waals surface area contributed by atoms with Gasteiger partial charge in [-0.3, -0.25) is 9.67 Å².